The number of nitrogens with zero attached hydrogens (tertiary/aromatic N) is 1. The predicted molar refractivity (Wildman–Crippen MR) is 66.7 cm³/mol. The molecule has 2 heterocycles. The number of rotatable bonds is 5. The fourth-order valence-corrected chi connectivity index (χ4v) is 2.80. The predicted octanol–water partition coefficient (Wildman–Crippen LogP) is 1.63. The van der Waals surface area contributed by atoms with Crippen LogP contribution >= 0.6 is 0 Å². The van der Waals surface area contributed by atoms with Gasteiger partial charge in [0.25, 0.3) is 0 Å². The number of hydrogen-bond acceptors (Lipinski definition) is 3. The number of nitrogens with one attached hydrogen (secondary N) is 1. The van der Waals surface area contributed by atoms with Gasteiger partial charge in [-0.05, 0) is 45.3 Å². The lowest BCUT2D eigenvalue weighted by Crippen LogP contribution is -2.37. The molecule has 2 aliphatic rings. The lowest BCUT2D eigenvalue weighted by atomic mass is 10.1. The highest BCUT2D eigenvalue weighted by Gasteiger charge is 2.26. The number of hydrogen-bond donors (Lipinski definition) is 1. The van der Waals surface area contributed by atoms with E-state index in [2.05, 4.69) is 17.1 Å². The Kier molecular flexibility index (Phi) is 5.07. The van der Waals surface area contributed by atoms with E-state index >= 15 is 0 Å². The Labute approximate surface area is 99.5 Å². The number of piperidine rings is 1. The Morgan fingerprint density at radius 3 is 2.62 bits per heavy atom. The van der Waals surface area contributed by atoms with Crippen LogP contribution in [0.4, 0.5) is 0 Å². The Morgan fingerprint density at radius 2 is 1.88 bits per heavy atom. The summed E-state index contributed by atoms with van der Waals surface area (Å²) in [6.07, 6.45) is 7.65. The monoisotopic (exact) mass is 226 g/mol. The van der Waals surface area contributed by atoms with Gasteiger partial charge >= 0.3 is 0 Å². The van der Waals surface area contributed by atoms with Crippen molar-refractivity contribution in [3.05, 3.63) is 0 Å². The minimum Gasteiger partial charge on any atom is -0.372 e. The maximum atomic E-state index is 6.06. The first-order chi connectivity index (χ1) is 7.88. The van der Waals surface area contributed by atoms with Crippen molar-refractivity contribution in [3.8, 4) is 0 Å². The van der Waals surface area contributed by atoms with E-state index in [0.29, 0.717) is 12.2 Å². The quantitative estimate of drug-likeness (QED) is 0.771. The van der Waals surface area contributed by atoms with E-state index in [9.17, 15) is 0 Å². The van der Waals surface area contributed by atoms with E-state index in [1.807, 2.05) is 0 Å². The van der Waals surface area contributed by atoms with Crippen LogP contribution in [0.2, 0.25) is 0 Å². The maximum Gasteiger partial charge on any atom is 0.0707 e. The summed E-state index contributed by atoms with van der Waals surface area (Å²) in [7, 11) is 0. The van der Waals surface area contributed by atoms with Crippen molar-refractivity contribution < 1.29 is 4.74 Å². The van der Waals surface area contributed by atoms with Crippen LogP contribution in [-0.2, 0) is 4.74 Å². The molecule has 3 nitrogen and oxygen atoms in total. The molecule has 2 fully saturated rings. The molecule has 2 atom stereocenters. The molecule has 0 saturated carbocycles. The van der Waals surface area contributed by atoms with Gasteiger partial charge in [-0.15, -0.1) is 0 Å². The summed E-state index contributed by atoms with van der Waals surface area (Å²) in [5.74, 6) is 0. The molecule has 0 aromatic rings. The van der Waals surface area contributed by atoms with Crippen LogP contribution in [0.5, 0.6) is 0 Å². The van der Waals surface area contributed by atoms with Crippen molar-refractivity contribution in [2.24, 2.45) is 0 Å². The molecule has 0 aromatic heterocycles. The highest BCUT2D eigenvalue weighted by molar-refractivity contribution is 4.78. The zero-order valence-electron chi connectivity index (χ0n) is 10.6. The summed E-state index contributed by atoms with van der Waals surface area (Å²) in [4.78, 5) is 2.59. The summed E-state index contributed by atoms with van der Waals surface area (Å²) >= 11 is 0. The Hall–Kier alpha value is -0.120. The van der Waals surface area contributed by atoms with Gasteiger partial charge in [0.2, 0.25) is 0 Å². The zero-order valence-corrected chi connectivity index (χ0v) is 10.6. The minimum atomic E-state index is 0.467. The van der Waals surface area contributed by atoms with Crippen LogP contribution in [0, 0.1) is 0 Å². The molecular formula is C13H26N2O. The molecule has 2 rings (SSSR count). The first-order valence-corrected chi connectivity index (χ1v) is 6.97. The minimum absolute atomic E-state index is 0.467. The van der Waals surface area contributed by atoms with Gasteiger partial charge in [0.05, 0.1) is 12.2 Å². The summed E-state index contributed by atoms with van der Waals surface area (Å²) in [5, 5.41) is 3.38. The van der Waals surface area contributed by atoms with Crippen LogP contribution in [0.1, 0.15) is 39.0 Å². The van der Waals surface area contributed by atoms with Gasteiger partial charge in [-0.25, -0.2) is 0 Å². The first-order valence-electron chi connectivity index (χ1n) is 6.97. The molecule has 3 heteroatoms. The molecule has 0 aliphatic carbocycles. The third-order valence-electron chi connectivity index (χ3n) is 3.73. The van der Waals surface area contributed by atoms with E-state index in [4.69, 9.17) is 4.74 Å². The SMILES string of the molecule is CCNCC1CCC(CN2CCCCC2)O1. The van der Waals surface area contributed by atoms with Crippen LogP contribution in [0.15, 0.2) is 0 Å². The highest BCUT2D eigenvalue weighted by atomic mass is 16.5. The second kappa shape index (κ2) is 6.58. The van der Waals surface area contributed by atoms with Crippen molar-refractivity contribution >= 4 is 0 Å². The fraction of sp³-hybridized carbons (Fsp3) is 1.00. The second-order valence-electron chi connectivity index (χ2n) is 5.13. The number of likely N-dealkylation sites (tertiary alicyclic amines) is 1. The summed E-state index contributed by atoms with van der Waals surface area (Å²) < 4.78 is 6.06. The summed E-state index contributed by atoms with van der Waals surface area (Å²) in [6.45, 7) is 7.99. The van der Waals surface area contributed by atoms with Crippen molar-refractivity contribution in [1.29, 1.82) is 0 Å². The number of likely N-dealkylation sites (N-methyl/N-ethyl adjacent to an activating group) is 1. The Bertz CT molecular complexity index is 192. The average molecular weight is 226 g/mol. The number of ether oxygens (including phenoxy) is 1. The van der Waals surface area contributed by atoms with Crippen molar-refractivity contribution in [2.45, 2.75) is 51.2 Å². The zero-order chi connectivity index (χ0) is 11.2. The van der Waals surface area contributed by atoms with Crippen molar-refractivity contribution in [3.63, 3.8) is 0 Å². The molecule has 0 bridgehead atoms. The van der Waals surface area contributed by atoms with E-state index < -0.39 is 0 Å². The van der Waals surface area contributed by atoms with E-state index in [1.54, 1.807) is 0 Å². The molecule has 1 N–H and O–H groups in total. The fourth-order valence-electron chi connectivity index (χ4n) is 2.80. The van der Waals surface area contributed by atoms with Crippen molar-refractivity contribution in [1.82, 2.24) is 10.2 Å². The van der Waals surface area contributed by atoms with Crippen LogP contribution in [0.25, 0.3) is 0 Å². The standard InChI is InChI=1S/C13H26N2O/c1-2-14-10-12-6-7-13(16-12)11-15-8-4-3-5-9-15/h12-14H,2-11H2,1H3. The smallest absolute Gasteiger partial charge is 0.0707 e. The third kappa shape index (κ3) is 3.72. The van der Waals surface area contributed by atoms with E-state index in [-0.39, 0.29) is 0 Å². The molecule has 2 unspecified atom stereocenters. The molecule has 0 spiro atoms. The van der Waals surface area contributed by atoms with Gasteiger partial charge in [0.1, 0.15) is 0 Å². The molecule has 2 aliphatic heterocycles. The van der Waals surface area contributed by atoms with Crippen LogP contribution < -0.4 is 5.32 Å². The Morgan fingerprint density at radius 1 is 1.12 bits per heavy atom. The van der Waals surface area contributed by atoms with E-state index in [0.717, 1.165) is 13.1 Å². The van der Waals surface area contributed by atoms with Crippen molar-refractivity contribution in [2.75, 3.05) is 32.7 Å². The average Bonchev–Trinajstić information content (AvgIpc) is 2.75. The third-order valence-corrected chi connectivity index (χ3v) is 3.73. The van der Waals surface area contributed by atoms with Crippen LogP contribution in [-0.4, -0.2) is 49.8 Å². The molecule has 0 aromatic carbocycles. The first kappa shape index (κ1) is 12.3. The summed E-state index contributed by atoms with van der Waals surface area (Å²) in [6, 6.07) is 0. The molecular weight excluding hydrogens is 200 g/mol. The van der Waals surface area contributed by atoms with Gasteiger partial charge in [-0.2, -0.15) is 0 Å². The summed E-state index contributed by atoms with van der Waals surface area (Å²) in [5.41, 5.74) is 0. The van der Waals surface area contributed by atoms with E-state index in [1.165, 1.54) is 51.7 Å². The van der Waals surface area contributed by atoms with Gasteiger partial charge in [-0.1, -0.05) is 13.3 Å². The Balaban J connectivity index is 1.63. The van der Waals surface area contributed by atoms with Gasteiger partial charge in [-0.3, -0.25) is 0 Å². The van der Waals surface area contributed by atoms with Crippen LogP contribution in [0.3, 0.4) is 0 Å². The molecule has 0 amide bonds. The molecule has 16 heavy (non-hydrogen) atoms. The second-order valence-corrected chi connectivity index (χ2v) is 5.13. The molecule has 0 radical (unpaired) electrons. The highest BCUT2D eigenvalue weighted by Crippen LogP contribution is 2.21. The lowest BCUT2D eigenvalue weighted by Gasteiger charge is -2.28. The normalized spacial score (nSPS) is 32.1. The topological polar surface area (TPSA) is 24.5 Å². The lowest BCUT2D eigenvalue weighted by molar-refractivity contribution is 0.0202. The van der Waals surface area contributed by atoms with Gasteiger partial charge in [0, 0.05) is 13.1 Å². The maximum absolute atomic E-state index is 6.06. The molecule has 2 saturated heterocycles. The van der Waals surface area contributed by atoms with Gasteiger partial charge < -0.3 is 15.0 Å². The molecule has 94 valence electrons. The van der Waals surface area contributed by atoms with Gasteiger partial charge in [0.15, 0.2) is 0 Å². The largest absolute Gasteiger partial charge is 0.372 e.